The van der Waals surface area contributed by atoms with Crippen molar-refractivity contribution in [2.45, 2.75) is 26.5 Å². The number of esters is 1. The van der Waals surface area contributed by atoms with Gasteiger partial charge in [0.2, 0.25) is 0 Å². The van der Waals surface area contributed by atoms with E-state index < -0.39 is 17.9 Å². The molecule has 3 aromatic rings. The van der Waals surface area contributed by atoms with Crippen LogP contribution in [0.15, 0.2) is 86.0 Å². The monoisotopic (exact) mass is 744 g/mol. The molecule has 1 heterocycles. The van der Waals surface area contributed by atoms with Crippen LogP contribution in [0.5, 0.6) is 17.2 Å². The van der Waals surface area contributed by atoms with E-state index in [1.807, 2.05) is 24.3 Å². The number of ether oxygens (including phenoxy) is 4. The number of thiocarbonyl (C=S) groups is 1. The number of benzene rings is 3. The molecule has 0 saturated carbocycles. The SMILES string of the molecule is CCOC(=O)C1=C(C)NC(=S)N[C@H]1c1ccccc1OCC(=O)NN=Cc1cc(OC)c(OCc2ccc(Br)cc2)cc1Br. The van der Waals surface area contributed by atoms with Crippen molar-refractivity contribution < 1.29 is 28.5 Å². The van der Waals surface area contributed by atoms with Crippen molar-refractivity contribution in [3.8, 4) is 17.2 Å². The molecule has 0 bridgehead atoms. The first-order valence-electron chi connectivity index (χ1n) is 13.4. The number of nitrogens with one attached hydrogen (secondary N) is 3. The Balaban J connectivity index is 1.39. The van der Waals surface area contributed by atoms with Crippen molar-refractivity contribution in [2.75, 3.05) is 20.3 Å². The highest BCUT2D eigenvalue weighted by Gasteiger charge is 2.32. The Morgan fingerprint density at radius 2 is 1.80 bits per heavy atom. The molecule has 1 atom stereocenters. The number of para-hydroxylation sites is 1. The third-order valence-electron chi connectivity index (χ3n) is 6.34. The number of methoxy groups -OCH3 is 1. The molecule has 3 aromatic carbocycles. The predicted molar refractivity (Wildman–Crippen MR) is 178 cm³/mol. The number of rotatable bonds is 12. The molecule has 1 aliphatic heterocycles. The molecule has 1 amide bonds. The highest BCUT2D eigenvalue weighted by molar-refractivity contribution is 9.10. The first kappa shape index (κ1) is 33.0. The van der Waals surface area contributed by atoms with Gasteiger partial charge >= 0.3 is 5.97 Å². The van der Waals surface area contributed by atoms with E-state index >= 15 is 0 Å². The topological polar surface area (TPSA) is 120 Å². The fourth-order valence-electron chi connectivity index (χ4n) is 4.27. The van der Waals surface area contributed by atoms with Gasteiger partial charge in [0.05, 0.1) is 31.5 Å². The molecule has 44 heavy (non-hydrogen) atoms. The highest BCUT2D eigenvalue weighted by Crippen LogP contribution is 2.35. The van der Waals surface area contributed by atoms with Gasteiger partial charge < -0.3 is 29.6 Å². The van der Waals surface area contributed by atoms with E-state index in [-0.39, 0.29) is 13.2 Å². The van der Waals surface area contributed by atoms with Crippen LogP contribution in [0, 0.1) is 0 Å². The Morgan fingerprint density at radius 1 is 1.05 bits per heavy atom. The maximum absolute atomic E-state index is 12.8. The van der Waals surface area contributed by atoms with E-state index in [1.54, 1.807) is 57.4 Å². The van der Waals surface area contributed by atoms with Gasteiger partial charge in [-0.25, -0.2) is 10.2 Å². The fraction of sp³-hybridized carbons (Fsp3) is 0.226. The summed E-state index contributed by atoms with van der Waals surface area (Å²) in [6, 6.07) is 17.8. The van der Waals surface area contributed by atoms with E-state index in [4.69, 9.17) is 31.2 Å². The molecule has 13 heteroatoms. The van der Waals surface area contributed by atoms with E-state index in [1.165, 1.54) is 6.21 Å². The van der Waals surface area contributed by atoms with Gasteiger partial charge in [0.25, 0.3) is 5.91 Å². The molecule has 0 fully saturated rings. The molecule has 1 aliphatic rings. The normalized spacial score (nSPS) is 14.5. The Labute approximate surface area is 277 Å². The van der Waals surface area contributed by atoms with E-state index in [0.717, 1.165) is 10.0 Å². The molecule has 0 radical (unpaired) electrons. The van der Waals surface area contributed by atoms with Gasteiger partial charge in [-0.3, -0.25) is 4.79 Å². The van der Waals surface area contributed by atoms with Gasteiger partial charge in [-0.15, -0.1) is 0 Å². The Kier molecular flexibility index (Phi) is 11.8. The van der Waals surface area contributed by atoms with Crippen molar-refractivity contribution in [3.05, 3.63) is 97.6 Å². The fourth-order valence-corrected chi connectivity index (χ4v) is 5.23. The Hall–Kier alpha value is -3.94. The maximum Gasteiger partial charge on any atom is 0.338 e. The van der Waals surface area contributed by atoms with Crippen LogP contribution in [0.25, 0.3) is 0 Å². The minimum Gasteiger partial charge on any atom is -0.493 e. The van der Waals surface area contributed by atoms with Gasteiger partial charge in [0, 0.05) is 25.8 Å². The second-order valence-corrected chi connectivity index (χ2v) is 11.5. The van der Waals surface area contributed by atoms with Crippen LogP contribution in [-0.4, -0.2) is 43.5 Å². The first-order chi connectivity index (χ1) is 21.2. The predicted octanol–water partition coefficient (Wildman–Crippen LogP) is 5.68. The van der Waals surface area contributed by atoms with Gasteiger partial charge in [0.1, 0.15) is 12.4 Å². The molecule has 0 aromatic heterocycles. The largest absolute Gasteiger partial charge is 0.493 e. The van der Waals surface area contributed by atoms with Crippen molar-refractivity contribution in [1.29, 1.82) is 0 Å². The zero-order chi connectivity index (χ0) is 31.6. The lowest BCUT2D eigenvalue weighted by molar-refractivity contribution is -0.139. The summed E-state index contributed by atoms with van der Waals surface area (Å²) >= 11 is 12.3. The van der Waals surface area contributed by atoms with Gasteiger partial charge in [0.15, 0.2) is 23.2 Å². The third-order valence-corrected chi connectivity index (χ3v) is 7.77. The van der Waals surface area contributed by atoms with Crippen molar-refractivity contribution in [2.24, 2.45) is 5.10 Å². The molecule has 3 N–H and O–H groups in total. The number of carbonyl (C=O) groups is 2. The first-order valence-corrected chi connectivity index (χ1v) is 15.4. The lowest BCUT2D eigenvalue weighted by Crippen LogP contribution is -2.45. The van der Waals surface area contributed by atoms with E-state index in [0.29, 0.717) is 55.8 Å². The average Bonchev–Trinajstić information content (AvgIpc) is 3.00. The number of hydrogen-bond acceptors (Lipinski definition) is 8. The quantitative estimate of drug-likeness (QED) is 0.0931. The van der Waals surface area contributed by atoms with Gasteiger partial charge in [-0.1, -0.05) is 46.3 Å². The van der Waals surface area contributed by atoms with Crippen LogP contribution in [0.3, 0.4) is 0 Å². The molecule has 4 rings (SSSR count). The summed E-state index contributed by atoms with van der Waals surface area (Å²) in [6.07, 6.45) is 1.48. The number of hydrogen-bond donors (Lipinski definition) is 3. The Morgan fingerprint density at radius 3 is 2.52 bits per heavy atom. The number of halogens is 2. The van der Waals surface area contributed by atoms with Crippen LogP contribution in [-0.2, 0) is 20.9 Å². The smallest absolute Gasteiger partial charge is 0.338 e. The van der Waals surface area contributed by atoms with Crippen LogP contribution in [0.4, 0.5) is 0 Å². The summed E-state index contributed by atoms with van der Waals surface area (Å²) in [6.45, 7) is 3.75. The van der Waals surface area contributed by atoms with Gasteiger partial charge in [-0.2, -0.15) is 5.10 Å². The molecule has 0 unspecified atom stereocenters. The minimum absolute atomic E-state index is 0.222. The van der Waals surface area contributed by atoms with E-state index in [9.17, 15) is 9.59 Å². The van der Waals surface area contributed by atoms with Crippen LogP contribution in [0.1, 0.15) is 36.6 Å². The summed E-state index contributed by atoms with van der Waals surface area (Å²) in [7, 11) is 1.55. The summed E-state index contributed by atoms with van der Waals surface area (Å²) < 4.78 is 24.3. The number of hydrazone groups is 1. The number of amides is 1. The summed E-state index contributed by atoms with van der Waals surface area (Å²) in [5, 5.41) is 10.5. The summed E-state index contributed by atoms with van der Waals surface area (Å²) in [5.74, 6) is 0.493. The van der Waals surface area contributed by atoms with Crippen LogP contribution >= 0.6 is 44.1 Å². The number of carbonyl (C=O) groups excluding carboxylic acids is 2. The standard InChI is InChI=1S/C31H30Br2N4O6S/c1-4-41-30(39)28-18(2)35-31(44)36-29(28)22-7-5-6-8-24(22)43-17-27(38)37-34-15-20-13-25(40-3)26(14-23(20)33)42-16-19-9-11-21(32)12-10-19/h5-15,29H,4,16-17H2,1-3H3,(H,37,38)(H2,35,36,44)/t29-/m0/s1. The summed E-state index contributed by atoms with van der Waals surface area (Å²) in [4.78, 5) is 25.4. The second-order valence-electron chi connectivity index (χ2n) is 9.35. The third kappa shape index (κ3) is 8.58. The lowest BCUT2D eigenvalue weighted by Gasteiger charge is -2.30. The van der Waals surface area contributed by atoms with Gasteiger partial charge in [-0.05, 0) is 77.9 Å². The average molecular weight is 746 g/mol. The van der Waals surface area contributed by atoms with Crippen molar-refractivity contribution in [3.63, 3.8) is 0 Å². The van der Waals surface area contributed by atoms with E-state index in [2.05, 4.69) is 53.0 Å². The minimum atomic E-state index is -0.630. The highest BCUT2D eigenvalue weighted by atomic mass is 79.9. The molecule has 0 aliphatic carbocycles. The van der Waals surface area contributed by atoms with Crippen molar-refractivity contribution in [1.82, 2.24) is 16.1 Å². The zero-order valence-electron chi connectivity index (χ0n) is 24.1. The lowest BCUT2D eigenvalue weighted by atomic mass is 9.95. The molecule has 0 saturated heterocycles. The van der Waals surface area contributed by atoms with Crippen molar-refractivity contribution >= 4 is 67.3 Å². The zero-order valence-corrected chi connectivity index (χ0v) is 28.1. The van der Waals surface area contributed by atoms with Crippen LogP contribution in [0.2, 0.25) is 0 Å². The van der Waals surface area contributed by atoms with Crippen LogP contribution < -0.4 is 30.3 Å². The molecule has 230 valence electrons. The molecular formula is C31H30Br2N4O6S. The molecule has 10 nitrogen and oxygen atoms in total. The number of nitrogens with zero attached hydrogens (tertiary/aromatic N) is 1. The molecular weight excluding hydrogens is 716 g/mol. The second kappa shape index (κ2) is 15.7. The Bertz CT molecular complexity index is 1600. The number of allylic oxidation sites excluding steroid dienone is 1. The molecule has 0 spiro atoms. The maximum atomic E-state index is 12.8. The summed E-state index contributed by atoms with van der Waals surface area (Å²) in [5.41, 5.74) is 5.70.